The highest BCUT2D eigenvalue weighted by Crippen LogP contribution is 2.26. The largest absolute Gasteiger partial charge is 0.393 e. The van der Waals surface area contributed by atoms with Crippen LogP contribution in [0.4, 0.5) is 5.69 Å². The summed E-state index contributed by atoms with van der Waals surface area (Å²) in [6.07, 6.45) is 0. The van der Waals surface area contributed by atoms with E-state index >= 15 is 0 Å². The number of carbonyl (C=O) groups excluding carboxylic acids is 1. The van der Waals surface area contributed by atoms with Gasteiger partial charge in [-0.2, -0.15) is 0 Å². The first-order valence-corrected chi connectivity index (χ1v) is 9.93. The van der Waals surface area contributed by atoms with Crippen LogP contribution < -0.4 is 21.3 Å². The Hall–Kier alpha value is -1.97. The third kappa shape index (κ3) is 5.06. The van der Waals surface area contributed by atoms with Gasteiger partial charge in [-0.3, -0.25) is 9.80 Å². The number of benzene rings is 2. The van der Waals surface area contributed by atoms with E-state index in [1.165, 1.54) is 43.3 Å². The number of nitrogens with one attached hydrogen (secondary N) is 1. The molecule has 0 spiro atoms. The Morgan fingerprint density at radius 1 is 1.07 bits per heavy atom. The van der Waals surface area contributed by atoms with Gasteiger partial charge in [0.1, 0.15) is 10.6 Å². The molecular weight excluding hydrogens is 435 g/mol. The lowest BCUT2D eigenvalue weighted by Gasteiger charge is -2.21. The number of hydrogen-bond acceptors (Lipinski definition) is 6. The quantitative estimate of drug-likeness (QED) is 0.367. The summed E-state index contributed by atoms with van der Waals surface area (Å²) in [5.74, 6) is 4.88. The van der Waals surface area contributed by atoms with Gasteiger partial charge >= 0.3 is 0 Å². The number of hydrazine groups is 1. The molecule has 0 saturated carbocycles. The summed E-state index contributed by atoms with van der Waals surface area (Å²) >= 11 is 17.7. The number of amides is 1. The zero-order valence-electron chi connectivity index (χ0n) is 13.9. The maximum Gasteiger partial charge on any atom is 0.282 e. The Morgan fingerprint density at radius 3 is 2.19 bits per heavy atom. The molecule has 144 valence electrons. The summed E-state index contributed by atoms with van der Waals surface area (Å²) < 4.78 is 26.5. The van der Waals surface area contributed by atoms with Gasteiger partial charge in [-0.25, -0.2) is 19.0 Å². The maximum absolute atomic E-state index is 12.3. The van der Waals surface area contributed by atoms with Crippen molar-refractivity contribution in [3.8, 4) is 0 Å². The van der Waals surface area contributed by atoms with Crippen molar-refractivity contribution in [1.29, 1.82) is 0 Å². The average molecular weight is 450 g/mol. The smallest absolute Gasteiger partial charge is 0.282 e. The van der Waals surface area contributed by atoms with Crippen LogP contribution in [0.25, 0.3) is 0 Å². The molecule has 0 heterocycles. The van der Waals surface area contributed by atoms with E-state index in [4.69, 9.17) is 46.4 Å². The Balaban J connectivity index is 2.30. The maximum atomic E-state index is 12.3. The second kappa shape index (κ2) is 8.37. The van der Waals surface area contributed by atoms with Crippen molar-refractivity contribution in [2.24, 2.45) is 11.6 Å². The number of nitrogens with zero attached hydrogens (tertiary/aromatic N) is 1. The predicted molar refractivity (Wildman–Crippen MR) is 107 cm³/mol. The first-order chi connectivity index (χ1) is 12.5. The molecule has 0 saturated heterocycles. The van der Waals surface area contributed by atoms with Crippen molar-refractivity contribution < 1.29 is 13.2 Å². The highest BCUT2D eigenvalue weighted by atomic mass is 35.5. The third-order valence-corrected chi connectivity index (χ3v) is 5.74. The fraction of sp³-hybridized carbons (Fsp3) is 0.0625. The lowest BCUT2D eigenvalue weighted by Crippen LogP contribution is -2.38. The van der Waals surface area contributed by atoms with Crippen LogP contribution in [0.2, 0.25) is 15.1 Å². The molecule has 0 aliphatic rings. The molecule has 0 aliphatic carbocycles. The van der Waals surface area contributed by atoms with E-state index in [0.717, 1.165) is 5.01 Å². The van der Waals surface area contributed by atoms with Crippen LogP contribution in [0.5, 0.6) is 0 Å². The molecular formula is C16H15Cl3N4O3S. The number of carbonyl (C=O) groups is 1. The Kier molecular flexibility index (Phi) is 6.61. The fourth-order valence-electron chi connectivity index (χ4n) is 2.06. The molecule has 0 fully saturated rings. The van der Waals surface area contributed by atoms with Gasteiger partial charge in [0.05, 0.1) is 16.4 Å². The van der Waals surface area contributed by atoms with Crippen LogP contribution in [-0.4, -0.2) is 14.3 Å². The van der Waals surface area contributed by atoms with Gasteiger partial charge in [0.2, 0.25) is 0 Å². The van der Waals surface area contributed by atoms with E-state index in [2.05, 4.69) is 0 Å². The van der Waals surface area contributed by atoms with Crippen LogP contribution >= 0.6 is 34.8 Å². The molecule has 27 heavy (non-hydrogen) atoms. The zero-order chi connectivity index (χ0) is 20.4. The molecule has 0 radical (unpaired) electrons. The summed E-state index contributed by atoms with van der Waals surface area (Å²) in [5.41, 5.74) is 5.81. The standard InChI is InChI=1S/C16H15Cl3N4O3S/c1-9(23(21)12-7-10(17)6-11(18)8-12)15(20)16(24)22-27(25,26)14-5-3-2-4-13(14)19/h2-8H,20-21H2,1H3,(H,22,24)/b15-9-. The molecule has 2 aromatic carbocycles. The summed E-state index contributed by atoms with van der Waals surface area (Å²) in [6.45, 7) is 1.44. The lowest BCUT2D eigenvalue weighted by atomic mass is 10.2. The lowest BCUT2D eigenvalue weighted by molar-refractivity contribution is -0.115. The number of hydrogen-bond donors (Lipinski definition) is 3. The first kappa shape index (κ1) is 21.3. The predicted octanol–water partition coefficient (Wildman–Crippen LogP) is 3.02. The van der Waals surface area contributed by atoms with E-state index in [1.807, 2.05) is 4.72 Å². The summed E-state index contributed by atoms with van der Waals surface area (Å²) in [4.78, 5) is 12.1. The van der Waals surface area contributed by atoms with Crippen LogP contribution in [0.1, 0.15) is 6.92 Å². The second-order valence-corrected chi connectivity index (χ2v) is 8.29. The van der Waals surface area contributed by atoms with Crippen LogP contribution in [0.3, 0.4) is 0 Å². The van der Waals surface area contributed by atoms with Crippen LogP contribution in [-0.2, 0) is 14.8 Å². The summed E-state index contributed by atoms with van der Waals surface area (Å²) in [6, 6.07) is 10.2. The minimum absolute atomic E-state index is 0.0360. The van der Waals surface area contributed by atoms with E-state index in [1.54, 1.807) is 6.07 Å². The monoisotopic (exact) mass is 448 g/mol. The van der Waals surface area contributed by atoms with Crippen molar-refractivity contribution in [2.45, 2.75) is 11.8 Å². The highest BCUT2D eigenvalue weighted by molar-refractivity contribution is 7.90. The number of anilines is 1. The Labute approximate surface area is 171 Å². The molecule has 0 bridgehead atoms. The summed E-state index contributed by atoms with van der Waals surface area (Å²) in [7, 11) is -4.22. The van der Waals surface area contributed by atoms with Crippen molar-refractivity contribution in [2.75, 3.05) is 5.01 Å². The Bertz CT molecular complexity index is 1010. The molecule has 5 N–H and O–H groups in total. The fourth-order valence-corrected chi connectivity index (χ4v) is 4.06. The van der Waals surface area contributed by atoms with Gasteiger partial charge in [-0.05, 0) is 37.3 Å². The van der Waals surface area contributed by atoms with Gasteiger partial charge in [-0.15, -0.1) is 0 Å². The van der Waals surface area contributed by atoms with E-state index in [9.17, 15) is 13.2 Å². The van der Waals surface area contributed by atoms with Gasteiger partial charge in [-0.1, -0.05) is 46.9 Å². The Morgan fingerprint density at radius 2 is 1.63 bits per heavy atom. The van der Waals surface area contributed by atoms with E-state index < -0.39 is 21.6 Å². The molecule has 0 unspecified atom stereocenters. The molecule has 2 rings (SSSR count). The number of sulfonamides is 1. The molecule has 0 aromatic heterocycles. The topological polar surface area (TPSA) is 119 Å². The van der Waals surface area contributed by atoms with Crippen LogP contribution in [0, 0.1) is 0 Å². The van der Waals surface area contributed by atoms with E-state index in [0.29, 0.717) is 15.7 Å². The van der Waals surface area contributed by atoms with Crippen molar-refractivity contribution >= 4 is 56.4 Å². The minimum atomic E-state index is -4.22. The summed E-state index contributed by atoms with van der Waals surface area (Å²) in [5, 5.41) is 1.68. The SMILES string of the molecule is C/C(=C(/N)C(=O)NS(=O)(=O)c1ccccc1Cl)N(N)c1cc(Cl)cc(Cl)c1. The van der Waals surface area contributed by atoms with E-state index in [-0.39, 0.29) is 15.6 Å². The second-order valence-electron chi connectivity index (χ2n) is 5.36. The minimum Gasteiger partial charge on any atom is -0.393 e. The highest BCUT2D eigenvalue weighted by Gasteiger charge is 2.23. The van der Waals surface area contributed by atoms with Crippen molar-refractivity contribution in [3.05, 3.63) is 68.9 Å². The van der Waals surface area contributed by atoms with Crippen LogP contribution in [0.15, 0.2) is 58.8 Å². The zero-order valence-corrected chi connectivity index (χ0v) is 17.0. The number of allylic oxidation sites excluding steroid dienone is 1. The molecule has 2 aromatic rings. The van der Waals surface area contributed by atoms with Gasteiger partial charge in [0, 0.05) is 10.0 Å². The number of rotatable bonds is 5. The molecule has 1 amide bonds. The average Bonchev–Trinajstić information content (AvgIpc) is 2.58. The number of halogens is 3. The third-order valence-electron chi connectivity index (χ3n) is 3.47. The number of nitrogens with two attached hydrogens (primary N) is 2. The van der Waals surface area contributed by atoms with Gasteiger partial charge in [0.25, 0.3) is 15.9 Å². The molecule has 7 nitrogen and oxygen atoms in total. The van der Waals surface area contributed by atoms with Gasteiger partial charge in [0.15, 0.2) is 0 Å². The van der Waals surface area contributed by atoms with Crippen molar-refractivity contribution in [3.63, 3.8) is 0 Å². The van der Waals surface area contributed by atoms with Gasteiger partial charge < -0.3 is 5.73 Å². The first-order valence-electron chi connectivity index (χ1n) is 7.32. The van der Waals surface area contributed by atoms with Crippen molar-refractivity contribution in [1.82, 2.24) is 4.72 Å². The molecule has 0 aliphatic heterocycles. The molecule has 0 atom stereocenters. The normalized spacial score (nSPS) is 12.3. The molecule has 11 heteroatoms.